The van der Waals surface area contributed by atoms with Crippen molar-refractivity contribution in [3.63, 3.8) is 0 Å². The monoisotopic (exact) mass is 388 g/mol. The molecule has 2 heterocycles. The SMILES string of the molecule is OCC1OC(c2ccc(F)c(Cc3cc4ccccc4s3)c2)CC(O)[C@@H]1O. The van der Waals surface area contributed by atoms with Gasteiger partial charge in [-0.1, -0.05) is 24.3 Å². The van der Waals surface area contributed by atoms with Crippen molar-refractivity contribution in [2.45, 2.75) is 37.3 Å². The molecule has 4 nitrogen and oxygen atoms in total. The van der Waals surface area contributed by atoms with Gasteiger partial charge in [-0.3, -0.25) is 0 Å². The summed E-state index contributed by atoms with van der Waals surface area (Å²) in [6.07, 6.45) is -2.79. The van der Waals surface area contributed by atoms with Gasteiger partial charge >= 0.3 is 0 Å². The predicted octanol–water partition coefficient (Wildman–Crippen LogP) is 3.18. The molecule has 3 aromatic rings. The van der Waals surface area contributed by atoms with Gasteiger partial charge in [0, 0.05) is 22.4 Å². The highest BCUT2D eigenvalue weighted by Gasteiger charge is 2.37. The first-order chi connectivity index (χ1) is 13.0. The number of fused-ring (bicyclic) bond motifs is 1. The van der Waals surface area contributed by atoms with E-state index in [1.165, 1.54) is 10.8 Å². The second-order valence-electron chi connectivity index (χ2n) is 6.92. The van der Waals surface area contributed by atoms with Crippen LogP contribution in [0.1, 0.15) is 28.5 Å². The molecule has 4 atom stereocenters. The van der Waals surface area contributed by atoms with Crippen LogP contribution in [0.15, 0.2) is 48.5 Å². The number of aliphatic hydroxyl groups excluding tert-OH is 3. The summed E-state index contributed by atoms with van der Waals surface area (Å²) in [7, 11) is 0. The van der Waals surface area contributed by atoms with E-state index in [0.717, 1.165) is 15.8 Å². The van der Waals surface area contributed by atoms with Gasteiger partial charge in [0.25, 0.3) is 0 Å². The average Bonchev–Trinajstić information content (AvgIpc) is 3.08. The lowest BCUT2D eigenvalue weighted by Crippen LogP contribution is -2.47. The van der Waals surface area contributed by atoms with Crippen LogP contribution in [0.25, 0.3) is 10.1 Å². The van der Waals surface area contributed by atoms with Crippen molar-refractivity contribution in [2.24, 2.45) is 0 Å². The molecule has 0 radical (unpaired) electrons. The minimum atomic E-state index is -1.12. The van der Waals surface area contributed by atoms with Gasteiger partial charge in [-0.25, -0.2) is 4.39 Å². The Kier molecular flexibility index (Phi) is 5.25. The first-order valence-corrected chi connectivity index (χ1v) is 9.75. The minimum absolute atomic E-state index is 0.200. The van der Waals surface area contributed by atoms with E-state index in [-0.39, 0.29) is 18.8 Å². The smallest absolute Gasteiger partial charge is 0.126 e. The summed E-state index contributed by atoms with van der Waals surface area (Å²) in [5.41, 5.74) is 1.29. The van der Waals surface area contributed by atoms with Gasteiger partial charge in [0.05, 0.1) is 18.8 Å². The van der Waals surface area contributed by atoms with E-state index >= 15 is 0 Å². The number of hydrogen-bond donors (Lipinski definition) is 3. The summed E-state index contributed by atoms with van der Waals surface area (Å²) in [6.45, 7) is -0.384. The van der Waals surface area contributed by atoms with Crippen molar-refractivity contribution < 1.29 is 24.4 Å². The fourth-order valence-electron chi connectivity index (χ4n) is 3.56. The Bertz CT molecular complexity index is 908. The number of hydrogen-bond acceptors (Lipinski definition) is 5. The molecule has 1 aliphatic heterocycles. The molecule has 1 aromatic heterocycles. The molecule has 142 valence electrons. The van der Waals surface area contributed by atoms with E-state index in [2.05, 4.69) is 6.07 Å². The number of rotatable bonds is 4. The number of ether oxygens (including phenoxy) is 1. The summed E-state index contributed by atoms with van der Waals surface area (Å²) >= 11 is 1.64. The standard InChI is InChI=1S/C21H21FO4S/c22-16-6-5-12(18-10-17(24)21(25)19(11-23)26-18)7-14(16)9-15-8-13-3-1-2-4-20(13)27-15/h1-8,17-19,21,23-25H,9-11H2/t17?,18?,19?,21-/m0/s1. The maximum atomic E-state index is 14.4. The fourth-order valence-corrected chi connectivity index (χ4v) is 4.65. The average molecular weight is 388 g/mol. The molecule has 4 rings (SSSR count). The van der Waals surface area contributed by atoms with Crippen LogP contribution in [0.5, 0.6) is 0 Å². The minimum Gasteiger partial charge on any atom is -0.394 e. The number of aliphatic hydroxyl groups is 3. The van der Waals surface area contributed by atoms with Crippen LogP contribution in [0, 0.1) is 5.82 Å². The number of thiophene rings is 1. The van der Waals surface area contributed by atoms with Crippen molar-refractivity contribution in [3.8, 4) is 0 Å². The van der Waals surface area contributed by atoms with Crippen molar-refractivity contribution in [1.29, 1.82) is 0 Å². The van der Waals surface area contributed by atoms with Crippen LogP contribution in [0.3, 0.4) is 0 Å². The van der Waals surface area contributed by atoms with E-state index in [4.69, 9.17) is 4.74 Å². The Morgan fingerprint density at radius 3 is 2.70 bits per heavy atom. The highest BCUT2D eigenvalue weighted by Crippen LogP contribution is 2.34. The van der Waals surface area contributed by atoms with Crippen molar-refractivity contribution in [3.05, 3.63) is 70.4 Å². The summed E-state index contributed by atoms with van der Waals surface area (Å²) in [5.74, 6) is -0.286. The van der Waals surface area contributed by atoms with Gasteiger partial charge in [0.15, 0.2) is 0 Å². The Balaban J connectivity index is 1.59. The molecule has 3 N–H and O–H groups in total. The third kappa shape index (κ3) is 3.77. The maximum Gasteiger partial charge on any atom is 0.126 e. The zero-order valence-electron chi connectivity index (χ0n) is 14.6. The Morgan fingerprint density at radius 2 is 1.93 bits per heavy atom. The van der Waals surface area contributed by atoms with Gasteiger partial charge in [0.1, 0.15) is 18.0 Å². The molecule has 1 fully saturated rings. The topological polar surface area (TPSA) is 69.9 Å². The molecule has 3 unspecified atom stereocenters. The summed E-state index contributed by atoms with van der Waals surface area (Å²) < 4.78 is 21.3. The third-order valence-corrected chi connectivity index (χ3v) is 6.15. The lowest BCUT2D eigenvalue weighted by molar-refractivity contribution is -0.181. The molecule has 0 saturated carbocycles. The van der Waals surface area contributed by atoms with E-state index in [9.17, 15) is 19.7 Å². The molecule has 1 aliphatic rings. The normalized spacial score (nSPS) is 25.8. The molecular weight excluding hydrogens is 367 g/mol. The highest BCUT2D eigenvalue weighted by atomic mass is 32.1. The lowest BCUT2D eigenvalue weighted by Gasteiger charge is -2.36. The second-order valence-corrected chi connectivity index (χ2v) is 8.09. The third-order valence-electron chi connectivity index (χ3n) is 5.03. The largest absolute Gasteiger partial charge is 0.394 e. The van der Waals surface area contributed by atoms with Crippen molar-refractivity contribution in [2.75, 3.05) is 6.61 Å². The van der Waals surface area contributed by atoms with Crippen molar-refractivity contribution in [1.82, 2.24) is 0 Å². The summed E-state index contributed by atoms with van der Waals surface area (Å²) in [4.78, 5) is 1.07. The van der Waals surface area contributed by atoms with Gasteiger partial charge in [-0.05, 0) is 40.8 Å². The van der Waals surface area contributed by atoms with Crippen LogP contribution in [0.2, 0.25) is 0 Å². The quantitative estimate of drug-likeness (QED) is 0.642. The van der Waals surface area contributed by atoms with Crippen LogP contribution < -0.4 is 0 Å². The van der Waals surface area contributed by atoms with E-state index in [0.29, 0.717) is 12.0 Å². The molecule has 2 aromatic carbocycles. The summed E-state index contributed by atoms with van der Waals surface area (Å²) in [6, 6.07) is 14.9. The Hall–Kier alpha value is -1.83. The van der Waals surface area contributed by atoms with E-state index < -0.39 is 24.4 Å². The zero-order valence-corrected chi connectivity index (χ0v) is 15.4. The van der Waals surface area contributed by atoms with Crippen molar-refractivity contribution >= 4 is 21.4 Å². The van der Waals surface area contributed by atoms with E-state index in [1.54, 1.807) is 23.5 Å². The molecule has 0 amide bonds. The molecular formula is C21H21FO4S. The molecule has 27 heavy (non-hydrogen) atoms. The molecule has 0 spiro atoms. The van der Waals surface area contributed by atoms with Crippen LogP contribution in [-0.2, 0) is 11.2 Å². The van der Waals surface area contributed by atoms with Crippen LogP contribution >= 0.6 is 11.3 Å². The highest BCUT2D eigenvalue weighted by molar-refractivity contribution is 7.19. The Labute approximate surface area is 160 Å². The van der Waals surface area contributed by atoms with Gasteiger partial charge in [-0.15, -0.1) is 11.3 Å². The predicted molar refractivity (Wildman–Crippen MR) is 102 cm³/mol. The van der Waals surface area contributed by atoms with E-state index in [1.807, 2.05) is 24.3 Å². The maximum absolute atomic E-state index is 14.4. The van der Waals surface area contributed by atoms with Gasteiger partial charge in [-0.2, -0.15) is 0 Å². The first kappa shape index (κ1) is 18.5. The molecule has 0 bridgehead atoms. The Morgan fingerprint density at radius 1 is 1.11 bits per heavy atom. The number of benzene rings is 2. The van der Waals surface area contributed by atoms with Gasteiger partial charge in [0.2, 0.25) is 0 Å². The number of halogens is 1. The molecule has 1 saturated heterocycles. The lowest BCUT2D eigenvalue weighted by atomic mass is 9.93. The van der Waals surface area contributed by atoms with Crippen LogP contribution in [0.4, 0.5) is 4.39 Å². The second kappa shape index (κ2) is 7.66. The molecule has 0 aliphatic carbocycles. The van der Waals surface area contributed by atoms with Crippen LogP contribution in [-0.4, -0.2) is 40.2 Å². The summed E-state index contributed by atoms with van der Waals surface area (Å²) in [5, 5.41) is 30.4. The first-order valence-electron chi connectivity index (χ1n) is 8.93. The van der Waals surface area contributed by atoms with Gasteiger partial charge < -0.3 is 20.1 Å². The zero-order chi connectivity index (χ0) is 19.0. The fraction of sp³-hybridized carbons (Fsp3) is 0.333. The molecule has 6 heteroatoms.